The SMILES string of the molecule is COc1ccc(C(Cc2ccc(C)cc2Cl)NN)cc1C. The molecule has 0 bridgehead atoms. The molecule has 0 spiro atoms. The second kappa shape index (κ2) is 6.94. The smallest absolute Gasteiger partial charge is 0.121 e. The van der Waals surface area contributed by atoms with Crippen molar-refractivity contribution in [1.82, 2.24) is 5.43 Å². The van der Waals surface area contributed by atoms with Gasteiger partial charge in [0.15, 0.2) is 0 Å². The van der Waals surface area contributed by atoms with Crippen LogP contribution in [-0.4, -0.2) is 7.11 Å². The monoisotopic (exact) mass is 304 g/mol. The van der Waals surface area contributed by atoms with Crippen molar-refractivity contribution in [2.45, 2.75) is 26.3 Å². The summed E-state index contributed by atoms with van der Waals surface area (Å²) < 4.78 is 5.29. The van der Waals surface area contributed by atoms with E-state index in [1.54, 1.807) is 7.11 Å². The van der Waals surface area contributed by atoms with Crippen molar-refractivity contribution in [1.29, 1.82) is 0 Å². The molecule has 0 saturated carbocycles. The molecule has 0 radical (unpaired) electrons. The van der Waals surface area contributed by atoms with Gasteiger partial charge in [-0.05, 0) is 54.7 Å². The number of benzene rings is 2. The molecule has 0 fully saturated rings. The highest BCUT2D eigenvalue weighted by molar-refractivity contribution is 6.31. The molecule has 0 aliphatic heterocycles. The molecule has 1 atom stereocenters. The Balaban J connectivity index is 2.25. The fourth-order valence-electron chi connectivity index (χ4n) is 2.43. The zero-order valence-corrected chi connectivity index (χ0v) is 13.4. The van der Waals surface area contributed by atoms with Gasteiger partial charge in [0.1, 0.15) is 5.75 Å². The molecule has 0 aliphatic carbocycles. The van der Waals surface area contributed by atoms with Gasteiger partial charge >= 0.3 is 0 Å². The lowest BCUT2D eigenvalue weighted by molar-refractivity contribution is 0.411. The number of rotatable bonds is 5. The van der Waals surface area contributed by atoms with Crippen molar-refractivity contribution in [3.63, 3.8) is 0 Å². The average molecular weight is 305 g/mol. The second-order valence-electron chi connectivity index (χ2n) is 5.25. The molecule has 21 heavy (non-hydrogen) atoms. The van der Waals surface area contributed by atoms with Crippen LogP contribution in [-0.2, 0) is 6.42 Å². The third-order valence-corrected chi connectivity index (χ3v) is 4.01. The first-order chi connectivity index (χ1) is 10.0. The summed E-state index contributed by atoms with van der Waals surface area (Å²) >= 11 is 6.31. The summed E-state index contributed by atoms with van der Waals surface area (Å²) in [5.74, 6) is 6.61. The van der Waals surface area contributed by atoms with Crippen molar-refractivity contribution in [2.75, 3.05) is 7.11 Å². The van der Waals surface area contributed by atoms with Gasteiger partial charge < -0.3 is 4.74 Å². The fourth-order valence-corrected chi connectivity index (χ4v) is 2.74. The first-order valence-corrected chi connectivity index (χ1v) is 7.28. The van der Waals surface area contributed by atoms with E-state index in [-0.39, 0.29) is 6.04 Å². The Bertz CT molecular complexity index is 628. The minimum Gasteiger partial charge on any atom is -0.496 e. The van der Waals surface area contributed by atoms with E-state index in [1.807, 2.05) is 32.0 Å². The molecule has 0 aromatic heterocycles. The number of aryl methyl sites for hydroxylation is 2. The average Bonchev–Trinajstić information content (AvgIpc) is 2.46. The number of hydrogen-bond acceptors (Lipinski definition) is 3. The summed E-state index contributed by atoms with van der Waals surface area (Å²) in [6.07, 6.45) is 0.737. The molecule has 0 amide bonds. The molecule has 2 aromatic rings. The van der Waals surface area contributed by atoms with Crippen molar-refractivity contribution in [3.8, 4) is 5.75 Å². The Morgan fingerprint density at radius 2 is 1.95 bits per heavy atom. The fraction of sp³-hybridized carbons (Fsp3) is 0.294. The zero-order chi connectivity index (χ0) is 15.4. The van der Waals surface area contributed by atoms with E-state index in [9.17, 15) is 0 Å². The predicted molar refractivity (Wildman–Crippen MR) is 87.7 cm³/mol. The lowest BCUT2D eigenvalue weighted by Crippen LogP contribution is -2.29. The zero-order valence-electron chi connectivity index (χ0n) is 12.6. The van der Waals surface area contributed by atoms with Crippen LogP contribution in [0, 0.1) is 13.8 Å². The Morgan fingerprint density at radius 3 is 2.52 bits per heavy atom. The molecule has 0 heterocycles. The third-order valence-electron chi connectivity index (χ3n) is 3.66. The van der Waals surface area contributed by atoms with Crippen LogP contribution in [0.5, 0.6) is 5.75 Å². The maximum atomic E-state index is 6.31. The Kier molecular flexibility index (Phi) is 5.23. The van der Waals surface area contributed by atoms with Crippen LogP contribution in [0.25, 0.3) is 0 Å². The van der Waals surface area contributed by atoms with Crippen LogP contribution in [0.4, 0.5) is 0 Å². The lowest BCUT2D eigenvalue weighted by atomic mass is 9.97. The van der Waals surface area contributed by atoms with Gasteiger partial charge in [0.05, 0.1) is 13.2 Å². The molecule has 2 rings (SSSR count). The molecule has 4 heteroatoms. The summed E-state index contributed by atoms with van der Waals surface area (Å²) in [5, 5.41) is 0.778. The van der Waals surface area contributed by atoms with Crippen LogP contribution in [0.3, 0.4) is 0 Å². The number of halogens is 1. The van der Waals surface area contributed by atoms with E-state index in [2.05, 4.69) is 23.6 Å². The van der Waals surface area contributed by atoms with Crippen molar-refractivity contribution >= 4 is 11.6 Å². The highest BCUT2D eigenvalue weighted by atomic mass is 35.5. The van der Waals surface area contributed by atoms with E-state index in [0.29, 0.717) is 0 Å². The van der Waals surface area contributed by atoms with E-state index < -0.39 is 0 Å². The summed E-state index contributed by atoms with van der Waals surface area (Å²) in [5.41, 5.74) is 7.32. The van der Waals surface area contributed by atoms with Crippen LogP contribution in [0.2, 0.25) is 5.02 Å². The molecular formula is C17H21ClN2O. The standard InChI is InChI=1S/C17H21ClN2O/c1-11-4-5-13(15(18)8-11)10-16(20-19)14-6-7-17(21-3)12(2)9-14/h4-9,16,20H,10,19H2,1-3H3. The first kappa shape index (κ1) is 15.8. The van der Waals surface area contributed by atoms with Gasteiger partial charge in [-0.2, -0.15) is 0 Å². The minimum atomic E-state index is 0.00909. The van der Waals surface area contributed by atoms with E-state index in [0.717, 1.165) is 39.4 Å². The van der Waals surface area contributed by atoms with Crippen LogP contribution >= 0.6 is 11.6 Å². The van der Waals surface area contributed by atoms with Gasteiger partial charge in [0, 0.05) is 5.02 Å². The van der Waals surface area contributed by atoms with Gasteiger partial charge in [-0.3, -0.25) is 11.3 Å². The summed E-state index contributed by atoms with van der Waals surface area (Å²) in [6, 6.07) is 12.2. The van der Waals surface area contributed by atoms with Gasteiger partial charge in [0.2, 0.25) is 0 Å². The topological polar surface area (TPSA) is 47.3 Å². The van der Waals surface area contributed by atoms with Crippen LogP contribution in [0.1, 0.15) is 28.3 Å². The Hall–Kier alpha value is -1.55. The molecule has 3 N–H and O–H groups in total. The van der Waals surface area contributed by atoms with Crippen molar-refractivity contribution < 1.29 is 4.74 Å². The summed E-state index contributed by atoms with van der Waals surface area (Å²) in [4.78, 5) is 0. The predicted octanol–water partition coefficient (Wildman–Crippen LogP) is 3.71. The van der Waals surface area contributed by atoms with Crippen molar-refractivity contribution in [2.24, 2.45) is 5.84 Å². The molecule has 1 unspecified atom stereocenters. The minimum absolute atomic E-state index is 0.00909. The molecule has 112 valence electrons. The first-order valence-electron chi connectivity index (χ1n) is 6.91. The molecular weight excluding hydrogens is 284 g/mol. The number of hydrazine groups is 1. The largest absolute Gasteiger partial charge is 0.496 e. The van der Waals surface area contributed by atoms with Gasteiger partial charge in [-0.25, -0.2) is 0 Å². The summed E-state index contributed by atoms with van der Waals surface area (Å²) in [7, 11) is 1.67. The van der Waals surface area contributed by atoms with E-state index >= 15 is 0 Å². The maximum absolute atomic E-state index is 6.31. The maximum Gasteiger partial charge on any atom is 0.121 e. The second-order valence-corrected chi connectivity index (χ2v) is 5.65. The van der Waals surface area contributed by atoms with Gasteiger partial charge in [-0.1, -0.05) is 35.9 Å². The molecule has 2 aromatic carbocycles. The van der Waals surface area contributed by atoms with Gasteiger partial charge in [0.25, 0.3) is 0 Å². The lowest BCUT2D eigenvalue weighted by Gasteiger charge is -2.19. The highest BCUT2D eigenvalue weighted by Gasteiger charge is 2.14. The Morgan fingerprint density at radius 1 is 1.19 bits per heavy atom. The quantitative estimate of drug-likeness (QED) is 0.654. The van der Waals surface area contributed by atoms with E-state index in [4.69, 9.17) is 22.2 Å². The number of ether oxygens (including phenoxy) is 1. The van der Waals surface area contributed by atoms with Crippen LogP contribution in [0.15, 0.2) is 36.4 Å². The normalized spacial score (nSPS) is 12.2. The van der Waals surface area contributed by atoms with Crippen molar-refractivity contribution in [3.05, 3.63) is 63.7 Å². The summed E-state index contributed by atoms with van der Waals surface area (Å²) in [6.45, 7) is 4.05. The molecule has 0 aliphatic rings. The number of methoxy groups -OCH3 is 1. The third kappa shape index (κ3) is 3.76. The molecule has 0 saturated heterocycles. The van der Waals surface area contributed by atoms with E-state index in [1.165, 1.54) is 0 Å². The van der Waals surface area contributed by atoms with Crippen LogP contribution < -0.4 is 16.0 Å². The van der Waals surface area contributed by atoms with Gasteiger partial charge in [-0.15, -0.1) is 0 Å². The molecule has 3 nitrogen and oxygen atoms in total. The number of nitrogens with one attached hydrogen (secondary N) is 1. The highest BCUT2D eigenvalue weighted by Crippen LogP contribution is 2.27. The number of nitrogens with two attached hydrogens (primary N) is 1. The Labute approximate surface area is 131 Å². The number of hydrogen-bond donors (Lipinski definition) is 2.